The van der Waals surface area contributed by atoms with Crippen LogP contribution in [0.3, 0.4) is 0 Å². The molecular weight excluding hydrogens is 378 g/mol. The van der Waals surface area contributed by atoms with Gasteiger partial charge in [0.1, 0.15) is 0 Å². The molecule has 0 atom stereocenters. The maximum atomic E-state index is 11.6. The molecule has 8 heteroatoms. The van der Waals surface area contributed by atoms with Crippen LogP contribution in [-0.4, -0.2) is 29.5 Å². The van der Waals surface area contributed by atoms with Crippen LogP contribution in [0, 0.1) is 10.1 Å². The number of carbonyl (C=O) groups excluding carboxylic acids is 1. The topological polar surface area (TPSA) is 85.6 Å². The predicted molar refractivity (Wildman–Crippen MR) is 91.1 cm³/mol. The van der Waals surface area contributed by atoms with Crippen LogP contribution in [-0.2, 0) is 17.7 Å². The lowest BCUT2D eigenvalue weighted by atomic mass is 10.00. The van der Waals surface area contributed by atoms with Crippen molar-refractivity contribution in [2.45, 2.75) is 13.0 Å². The lowest BCUT2D eigenvalue weighted by Crippen LogP contribution is -2.32. The van der Waals surface area contributed by atoms with E-state index in [1.807, 2.05) is 17.0 Å². The fourth-order valence-corrected chi connectivity index (χ4v) is 3.31. The van der Waals surface area contributed by atoms with Crippen LogP contribution in [0.25, 0.3) is 0 Å². The van der Waals surface area contributed by atoms with Gasteiger partial charge in [0.2, 0.25) is 5.82 Å². The van der Waals surface area contributed by atoms with E-state index >= 15 is 0 Å². The van der Waals surface area contributed by atoms with Crippen molar-refractivity contribution in [1.29, 1.82) is 0 Å². The summed E-state index contributed by atoms with van der Waals surface area (Å²) >= 11 is 3.53. The highest BCUT2D eigenvalue weighted by molar-refractivity contribution is 9.10. The molecule has 1 aliphatic rings. The molecular formula is C16H14BrN3O4. The summed E-state index contributed by atoms with van der Waals surface area (Å²) in [5.74, 6) is -0.391. The van der Waals surface area contributed by atoms with E-state index in [4.69, 9.17) is 0 Å². The van der Waals surface area contributed by atoms with Crippen molar-refractivity contribution in [2.75, 3.05) is 18.6 Å². The summed E-state index contributed by atoms with van der Waals surface area (Å²) in [6, 6.07) is 7.19. The molecule has 1 aromatic heterocycles. The van der Waals surface area contributed by atoms with Crippen LogP contribution in [0.5, 0.6) is 0 Å². The zero-order valence-corrected chi connectivity index (χ0v) is 14.4. The van der Waals surface area contributed by atoms with E-state index in [-0.39, 0.29) is 17.1 Å². The number of esters is 1. The molecule has 1 aliphatic heterocycles. The number of nitrogens with zero attached hydrogens (tertiary/aromatic N) is 3. The van der Waals surface area contributed by atoms with E-state index in [0.717, 1.165) is 16.5 Å². The quantitative estimate of drug-likeness (QED) is 0.453. The Morgan fingerprint density at radius 2 is 2.25 bits per heavy atom. The third-order valence-electron chi connectivity index (χ3n) is 3.98. The number of hydrogen-bond donors (Lipinski definition) is 0. The number of benzene rings is 1. The molecule has 0 saturated carbocycles. The van der Waals surface area contributed by atoms with E-state index in [1.165, 1.54) is 24.9 Å². The number of fused-ring (bicyclic) bond motifs is 1. The summed E-state index contributed by atoms with van der Waals surface area (Å²) in [5, 5.41) is 11.4. The Hall–Kier alpha value is -2.48. The number of aromatic nitrogens is 1. The van der Waals surface area contributed by atoms with E-state index < -0.39 is 10.9 Å². The Bertz CT molecular complexity index is 825. The summed E-state index contributed by atoms with van der Waals surface area (Å²) < 4.78 is 5.57. The maximum absolute atomic E-state index is 11.6. The highest BCUT2D eigenvalue weighted by Crippen LogP contribution is 2.33. The smallest absolute Gasteiger partial charge is 0.339 e. The standard InChI is InChI=1S/C16H14BrN3O4/c1-24-16(21)11-7-14(20(22)23)15(18-8-11)19-6-5-10-3-2-4-13(17)12(10)9-19/h2-4,7-8H,5-6,9H2,1H3. The van der Waals surface area contributed by atoms with E-state index in [1.54, 1.807) is 0 Å². The number of ether oxygens (including phenoxy) is 1. The van der Waals surface area contributed by atoms with Crippen molar-refractivity contribution in [1.82, 2.24) is 4.98 Å². The molecule has 24 heavy (non-hydrogen) atoms. The second-order valence-corrected chi connectivity index (χ2v) is 6.22. The first kappa shape index (κ1) is 16.4. The van der Waals surface area contributed by atoms with Gasteiger partial charge in [-0.2, -0.15) is 0 Å². The number of pyridine rings is 1. The van der Waals surface area contributed by atoms with E-state index in [2.05, 4.69) is 31.7 Å². The number of rotatable bonds is 3. The third-order valence-corrected chi connectivity index (χ3v) is 4.72. The minimum Gasteiger partial charge on any atom is -0.465 e. The second-order valence-electron chi connectivity index (χ2n) is 5.36. The van der Waals surface area contributed by atoms with E-state index in [9.17, 15) is 14.9 Å². The minimum absolute atomic E-state index is 0.0616. The summed E-state index contributed by atoms with van der Waals surface area (Å²) in [4.78, 5) is 28.5. The van der Waals surface area contributed by atoms with Gasteiger partial charge in [-0.25, -0.2) is 9.78 Å². The van der Waals surface area contributed by atoms with Crippen molar-refractivity contribution in [3.8, 4) is 0 Å². The fraction of sp³-hybridized carbons (Fsp3) is 0.250. The van der Waals surface area contributed by atoms with Crippen molar-refractivity contribution in [3.63, 3.8) is 0 Å². The molecule has 0 amide bonds. The molecule has 0 radical (unpaired) electrons. The Morgan fingerprint density at radius 3 is 2.96 bits per heavy atom. The first-order valence-electron chi connectivity index (χ1n) is 7.25. The molecule has 2 heterocycles. The van der Waals surface area contributed by atoms with Crippen molar-refractivity contribution >= 4 is 33.4 Å². The summed E-state index contributed by atoms with van der Waals surface area (Å²) in [6.07, 6.45) is 2.08. The molecule has 124 valence electrons. The predicted octanol–water partition coefficient (Wildman–Crippen LogP) is 3.10. The van der Waals surface area contributed by atoms with Crippen molar-refractivity contribution in [2.24, 2.45) is 0 Å². The van der Waals surface area contributed by atoms with Gasteiger partial charge in [0, 0.05) is 29.8 Å². The average molecular weight is 392 g/mol. The van der Waals surface area contributed by atoms with Crippen LogP contribution < -0.4 is 4.90 Å². The Balaban J connectivity index is 1.99. The number of halogens is 1. The second kappa shape index (κ2) is 6.56. The van der Waals surface area contributed by atoms with Gasteiger partial charge in [-0.05, 0) is 23.6 Å². The largest absolute Gasteiger partial charge is 0.465 e. The van der Waals surface area contributed by atoms with Gasteiger partial charge in [-0.3, -0.25) is 10.1 Å². The number of anilines is 1. The molecule has 0 saturated heterocycles. The van der Waals surface area contributed by atoms with Crippen LogP contribution in [0.2, 0.25) is 0 Å². The molecule has 0 bridgehead atoms. The van der Waals surface area contributed by atoms with Crippen LogP contribution in [0.4, 0.5) is 11.5 Å². The van der Waals surface area contributed by atoms with Gasteiger partial charge in [0.15, 0.2) is 0 Å². The van der Waals surface area contributed by atoms with Gasteiger partial charge in [0.25, 0.3) is 0 Å². The molecule has 0 unspecified atom stereocenters. The van der Waals surface area contributed by atoms with Gasteiger partial charge >= 0.3 is 11.7 Å². The van der Waals surface area contributed by atoms with Crippen LogP contribution in [0.15, 0.2) is 34.9 Å². The zero-order valence-electron chi connectivity index (χ0n) is 12.9. The number of hydrogen-bond acceptors (Lipinski definition) is 6. The molecule has 7 nitrogen and oxygen atoms in total. The maximum Gasteiger partial charge on any atom is 0.339 e. The first-order chi connectivity index (χ1) is 11.5. The Labute approximate surface area is 146 Å². The molecule has 1 aromatic carbocycles. The summed E-state index contributed by atoms with van der Waals surface area (Å²) in [6.45, 7) is 1.14. The lowest BCUT2D eigenvalue weighted by molar-refractivity contribution is -0.384. The third kappa shape index (κ3) is 2.96. The normalized spacial score (nSPS) is 13.3. The number of carbonyl (C=O) groups is 1. The molecule has 0 N–H and O–H groups in total. The van der Waals surface area contributed by atoms with Gasteiger partial charge in [-0.15, -0.1) is 0 Å². The molecule has 0 fully saturated rings. The van der Waals surface area contributed by atoms with E-state index in [0.29, 0.717) is 13.1 Å². The number of methoxy groups -OCH3 is 1. The average Bonchev–Trinajstić information content (AvgIpc) is 2.60. The molecule has 2 aromatic rings. The zero-order chi connectivity index (χ0) is 17.3. The summed E-state index contributed by atoms with van der Waals surface area (Å²) in [5.41, 5.74) is 2.17. The van der Waals surface area contributed by atoms with Gasteiger partial charge < -0.3 is 9.64 Å². The van der Waals surface area contributed by atoms with Gasteiger partial charge in [0.05, 0.1) is 17.6 Å². The Kier molecular flexibility index (Phi) is 4.48. The SMILES string of the molecule is COC(=O)c1cnc(N2CCc3cccc(Br)c3C2)c([N+](=O)[O-])c1. The lowest BCUT2D eigenvalue weighted by Gasteiger charge is -2.30. The highest BCUT2D eigenvalue weighted by Gasteiger charge is 2.27. The highest BCUT2D eigenvalue weighted by atomic mass is 79.9. The fourth-order valence-electron chi connectivity index (χ4n) is 2.77. The molecule has 3 rings (SSSR count). The minimum atomic E-state index is -0.649. The van der Waals surface area contributed by atoms with Gasteiger partial charge in [-0.1, -0.05) is 28.1 Å². The summed E-state index contributed by atoms with van der Waals surface area (Å²) in [7, 11) is 1.22. The van der Waals surface area contributed by atoms with Crippen LogP contribution in [0.1, 0.15) is 21.5 Å². The van der Waals surface area contributed by atoms with Crippen molar-refractivity contribution in [3.05, 3.63) is 61.7 Å². The molecule has 0 aliphatic carbocycles. The first-order valence-corrected chi connectivity index (χ1v) is 8.04. The monoisotopic (exact) mass is 391 g/mol. The van der Waals surface area contributed by atoms with Crippen molar-refractivity contribution < 1.29 is 14.5 Å². The molecule has 0 spiro atoms. The Morgan fingerprint density at radius 1 is 1.46 bits per heavy atom. The number of nitro groups is 1. The van der Waals surface area contributed by atoms with Crippen LogP contribution >= 0.6 is 15.9 Å².